The van der Waals surface area contributed by atoms with Crippen LogP contribution in [0.15, 0.2) is 30.6 Å². The Balaban J connectivity index is 1.60. The van der Waals surface area contributed by atoms with E-state index in [0.29, 0.717) is 17.1 Å². The molecule has 0 saturated heterocycles. The normalized spacial score (nSPS) is 14.9. The first-order valence-electron chi connectivity index (χ1n) is 9.75. The topological polar surface area (TPSA) is 89.7 Å². The van der Waals surface area contributed by atoms with Crippen molar-refractivity contribution in [2.75, 3.05) is 12.4 Å². The molecule has 0 fully saturated rings. The zero-order chi connectivity index (χ0) is 20.4. The molecule has 3 heterocycles. The minimum absolute atomic E-state index is 0.252. The number of fused-ring (bicyclic) bond motifs is 1. The molecule has 8 nitrogen and oxygen atoms in total. The fourth-order valence-corrected chi connectivity index (χ4v) is 3.71. The minimum atomic E-state index is -0.568. The number of nitrogens with zero attached hydrogens (tertiary/aromatic N) is 5. The minimum Gasteiger partial charge on any atom is -0.324 e. The third-order valence-corrected chi connectivity index (χ3v) is 5.19. The summed E-state index contributed by atoms with van der Waals surface area (Å²) in [5, 5.41) is 18.4. The van der Waals surface area contributed by atoms with Gasteiger partial charge in [0.1, 0.15) is 17.7 Å². The standard InChI is InChI=1S/C20H24FN7O/c1-22-18(13-11-23-27(2)12-13)20(29)24-14-7-8-16(21)15(10-14)19-26-25-17-6-4-3-5-9-28(17)19/h7-8,10-12,18,22H,3-6,9H2,1-2H3,(H,24,29). The van der Waals surface area contributed by atoms with Crippen molar-refractivity contribution in [3.05, 3.63) is 47.8 Å². The number of rotatable bonds is 5. The molecule has 4 rings (SSSR count). The van der Waals surface area contributed by atoms with Gasteiger partial charge in [-0.3, -0.25) is 9.48 Å². The summed E-state index contributed by atoms with van der Waals surface area (Å²) in [7, 11) is 3.50. The maximum Gasteiger partial charge on any atom is 0.246 e. The van der Waals surface area contributed by atoms with Crippen LogP contribution in [0.5, 0.6) is 0 Å². The first-order valence-corrected chi connectivity index (χ1v) is 9.75. The summed E-state index contributed by atoms with van der Waals surface area (Å²) in [6, 6.07) is 3.95. The Hall–Kier alpha value is -3.07. The number of halogens is 1. The number of benzene rings is 1. The Labute approximate surface area is 168 Å². The van der Waals surface area contributed by atoms with E-state index in [2.05, 4.69) is 25.9 Å². The van der Waals surface area contributed by atoms with E-state index in [4.69, 9.17) is 0 Å². The Morgan fingerprint density at radius 1 is 1.24 bits per heavy atom. The number of carbonyl (C=O) groups is 1. The van der Waals surface area contributed by atoms with Crippen molar-refractivity contribution in [1.82, 2.24) is 29.9 Å². The molecule has 2 aromatic heterocycles. The van der Waals surface area contributed by atoms with Crippen molar-refractivity contribution in [3.63, 3.8) is 0 Å². The van der Waals surface area contributed by atoms with Gasteiger partial charge in [-0.05, 0) is 38.1 Å². The van der Waals surface area contributed by atoms with Gasteiger partial charge < -0.3 is 15.2 Å². The van der Waals surface area contributed by atoms with Gasteiger partial charge in [0.05, 0.1) is 11.8 Å². The summed E-state index contributed by atoms with van der Waals surface area (Å²) in [4.78, 5) is 12.8. The van der Waals surface area contributed by atoms with Crippen LogP contribution < -0.4 is 10.6 Å². The fraction of sp³-hybridized carbons (Fsp3) is 0.400. The predicted octanol–water partition coefficient (Wildman–Crippen LogP) is 2.44. The van der Waals surface area contributed by atoms with Gasteiger partial charge in [0.2, 0.25) is 5.91 Å². The van der Waals surface area contributed by atoms with Gasteiger partial charge in [0.25, 0.3) is 0 Å². The maximum atomic E-state index is 14.6. The lowest BCUT2D eigenvalue weighted by atomic mass is 10.1. The molecule has 0 bridgehead atoms. The number of likely N-dealkylation sites (N-methyl/N-ethyl adjacent to an activating group) is 1. The summed E-state index contributed by atoms with van der Waals surface area (Å²) < 4.78 is 18.2. The highest BCUT2D eigenvalue weighted by atomic mass is 19.1. The molecule has 152 valence electrons. The SMILES string of the molecule is CNC(C(=O)Nc1ccc(F)c(-c2nnc3n2CCCCC3)c1)c1cnn(C)c1. The third-order valence-electron chi connectivity index (χ3n) is 5.19. The number of nitrogens with one attached hydrogen (secondary N) is 2. The summed E-state index contributed by atoms with van der Waals surface area (Å²) in [6.07, 6.45) is 7.48. The molecule has 3 aromatic rings. The number of hydrogen-bond donors (Lipinski definition) is 2. The zero-order valence-electron chi connectivity index (χ0n) is 16.5. The number of anilines is 1. The van der Waals surface area contributed by atoms with Crippen molar-refractivity contribution in [1.29, 1.82) is 0 Å². The molecule has 9 heteroatoms. The van der Waals surface area contributed by atoms with Crippen LogP contribution in [0.1, 0.15) is 36.7 Å². The van der Waals surface area contributed by atoms with Gasteiger partial charge in [-0.2, -0.15) is 5.10 Å². The molecule has 1 unspecified atom stereocenters. The molecule has 0 saturated carbocycles. The van der Waals surface area contributed by atoms with Crippen LogP contribution in [0.3, 0.4) is 0 Å². The van der Waals surface area contributed by atoms with Crippen LogP contribution in [-0.4, -0.2) is 37.5 Å². The average Bonchev–Trinajstić information content (AvgIpc) is 3.23. The van der Waals surface area contributed by atoms with Crippen molar-refractivity contribution in [2.24, 2.45) is 7.05 Å². The van der Waals surface area contributed by atoms with E-state index in [1.807, 2.05) is 4.57 Å². The van der Waals surface area contributed by atoms with Crippen molar-refractivity contribution in [3.8, 4) is 11.4 Å². The summed E-state index contributed by atoms with van der Waals surface area (Å²) in [5.74, 6) is 0.754. The lowest BCUT2D eigenvalue weighted by Gasteiger charge is -2.15. The Bertz CT molecular complexity index is 1030. The highest BCUT2D eigenvalue weighted by Crippen LogP contribution is 2.28. The van der Waals surface area contributed by atoms with Crippen LogP contribution in [0.25, 0.3) is 11.4 Å². The van der Waals surface area contributed by atoms with Crippen LogP contribution in [0, 0.1) is 5.82 Å². The molecule has 1 aromatic carbocycles. The molecule has 1 atom stereocenters. The molecular weight excluding hydrogens is 373 g/mol. The lowest BCUT2D eigenvalue weighted by Crippen LogP contribution is -2.30. The molecule has 1 amide bonds. The Morgan fingerprint density at radius 2 is 2.10 bits per heavy atom. The van der Waals surface area contributed by atoms with Gasteiger partial charge in [-0.15, -0.1) is 10.2 Å². The van der Waals surface area contributed by atoms with E-state index < -0.39 is 6.04 Å². The van der Waals surface area contributed by atoms with E-state index >= 15 is 0 Å². The summed E-state index contributed by atoms with van der Waals surface area (Å²) in [6.45, 7) is 0.774. The van der Waals surface area contributed by atoms with E-state index in [1.165, 1.54) is 6.07 Å². The molecule has 29 heavy (non-hydrogen) atoms. The average molecular weight is 397 g/mol. The van der Waals surface area contributed by atoms with E-state index in [1.54, 1.807) is 43.3 Å². The Morgan fingerprint density at radius 3 is 2.86 bits per heavy atom. The van der Waals surface area contributed by atoms with Gasteiger partial charge in [0, 0.05) is 37.5 Å². The number of aromatic nitrogens is 5. The maximum absolute atomic E-state index is 14.6. The summed E-state index contributed by atoms with van der Waals surface area (Å²) in [5.41, 5.74) is 1.59. The molecule has 2 N–H and O–H groups in total. The lowest BCUT2D eigenvalue weighted by molar-refractivity contribution is -0.118. The number of aryl methyl sites for hydroxylation is 2. The second kappa shape index (κ2) is 8.12. The quantitative estimate of drug-likeness (QED) is 0.690. The second-order valence-electron chi connectivity index (χ2n) is 7.26. The van der Waals surface area contributed by atoms with Crippen molar-refractivity contribution >= 4 is 11.6 Å². The van der Waals surface area contributed by atoms with Crippen LogP contribution in [0.4, 0.5) is 10.1 Å². The zero-order valence-corrected chi connectivity index (χ0v) is 16.5. The Kier molecular flexibility index (Phi) is 5.39. The first kappa shape index (κ1) is 19.3. The largest absolute Gasteiger partial charge is 0.324 e. The van der Waals surface area contributed by atoms with Gasteiger partial charge >= 0.3 is 0 Å². The van der Waals surface area contributed by atoms with Crippen LogP contribution in [-0.2, 0) is 24.8 Å². The van der Waals surface area contributed by atoms with Gasteiger partial charge in [0.15, 0.2) is 5.82 Å². The van der Waals surface area contributed by atoms with Gasteiger partial charge in [-0.1, -0.05) is 6.42 Å². The van der Waals surface area contributed by atoms with Crippen molar-refractivity contribution in [2.45, 2.75) is 38.3 Å². The molecule has 0 radical (unpaired) electrons. The third kappa shape index (κ3) is 3.91. The fourth-order valence-electron chi connectivity index (χ4n) is 3.71. The predicted molar refractivity (Wildman–Crippen MR) is 107 cm³/mol. The molecule has 0 spiro atoms. The molecule has 1 aliphatic heterocycles. The van der Waals surface area contributed by atoms with Crippen LogP contribution >= 0.6 is 0 Å². The van der Waals surface area contributed by atoms with Gasteiger partial charge in [-0.25, -0.2) is 4.39 Å². The number of hydrogen-bond acceptors (Lipinski definition) is 5. The number of amides is 1. The molecular formula is C20H24FN7O. The van der Waals surface area contributed by atoms with E-state index in [9.17, 15) is 9.18 Å². The second-order valence-corrected chi connectivity index (χ2v) is 7.26. The van der Waals surface area contributed by atoms with E-state index in [-0.39, 0.29) is 11.7 Å². The first-order chi connectivity index (χ1) is 14.1. The smallest absolute Gasteiger partial charge is 0.246 e. The highest BCUT2D eigenvalue weighted by Gasteiger charge is 2.22. The monoisotopic (exact) mass is 397 g/mol. The summed E-state index contributed by atoms with van der Waals surface area (Å²) >= 11 is 0. The highest BCUT2D eigenvalue weighted by molar-refractivity contribution is 5.96. The number of carbonyl (C=O) groups excluding carboxylic acids is 1. The van der Waals surface area contributed by atoms with Crippen molar-refractivity contribution < 1.29 is 9.18 Å². The van der Waals surface area contributed by atoms with E-state index in [0.717, 1.165) is 43.6 Å². The molecule has 1 aliphatic rings. The molecule has 0 aliphatic carbocycles. The van der Waals surface area contributed by atoms with Crippen LogP contribution in [0.2, 0.25) is 0 Å².